The van der Waals surface area contributed by atoms with E-state index in [4.69, 9.17) is 5.11 Å². The minimum Gasteiger partial charge on any atom is -0.478 e. The summed E-state index contributed by atoms with van der Waals surface area (Å²) < 4.78 is 0. The number of nitro benzene ring substituents is 1. The molecule has 6 heteroatoms. The Morgan fingerprint density at radius 3 is 2.50 bits per heavy atom. The average molecular weight is 280 g/mol. The van der Waals surface area contributed by atoms with Crippen LogP contribution in [0.15, 0.2) is 18.2 Å². The molecular formula is C14H20N2O4. The van der Waals surface area contributed by atoms with Crippen molar-refractivity contribution >= 4 is 17.3 Å². The Morgan fingerprint density at radius 1 is 1.45 bits per heavy atom. The standard InChI is InChI=1S/C14H20N2O4/c1-9(14(2,3)4)8-15-12-6-5-10(16(19)20)7-11(12)13(17)18/h5-7,9,15H,8H2,1-4H3,(H,17,18). The molecule has 0 spiro atoms. The van der Waals surface area contributed by atoms with Crippen LogP contribution in [0, 0.1) is 21.4 Å². The zero-order chi connectivity index (χ0) is 15.5. The van der Waals surface area contributed by atoms with Crippen molar-refractivity contribution in [3.63, 3.8) is 0 Å². The van der Waals surface area contributed by atoms with E-state index in [1.165, 1.54) is 12.1 Å². The van der Waals surface area contributed by atoms with Crippen LogP contribution in [-0.4, -0.2) is 22.5 Å². The zero-order valence-corrected chi connectivity index (χ0v) is 12.1. The highest BCUT2D eigenvalue weighted by Gasteiger charge is 2.21. The van der Waals surface area contributed by atoms with Crippen molar-refractivity contribution in [2.75, 3.05) is 11.9 Å². The molecule has 0 fully saturated rings. The van der Waals surface area contributed by atoms with Crippen LogP contribution in [0.5, 0.6) is 0 Å². The van der Waals surface area contributed by atoms with Crippen LogP contribution in [-0.2, 0) is 0 Å². The third-order valence-electron chi connectivity index (χ3n) is 3.52. The molecule has 0 saturated carbocycles. The van der Waals surface area contributed by atoms with Crippen LogP contribution in [0.3, 0.4) is 0 Å². The normalized spacial score (nSPS) is 12.8. The Labute approximate surface area is 118 Å². The summed E-state index contributed by atoms with van der Waals surface area (Å²) in [4.78, 5) is 21.2. The van der Waals surface area contributed by atoms with E-state index in [0.717, 1.165) is 6.07 Å². The fourth-order valence-corrected chi connectivity index (χ4v) is 1.55. The summed E-state index contributed by atoms with van der Waals surface area (Å²) in [5, 5.41) is 22.9. The van der Waals surface area contributed by atoms with Gasteiger partial charge in [-0.1, -0.05) is 27.7 Å². The van der Waals surface area contributed by atoms with E-state index in [0.29, 0.717) is 18.2 Å². The highest BCUT2D eigenvalue weighted by molar-refractivity contribution is 5.95. The first-order chi connectivity index (χ1) is 9.12. The fourth-order valence-electron chi connectivity index (χ4n) is 1.55. The quantitative estimate of drug-likeness (QED) is 0.637. The van der Waals surface area contributed by atoms with Gasteiger partial charge in [-0.05, 0) is 17.4 Å². The predicted molar refractivity (Wildman–Crippen MR) is 77.2 cm³/mol. The van der Waals surface area contributed by atoms with E-state index in [2.05, 4.69) is 33.0 Å². The maximum Gasteiger partial charge on any atom is 0.338 e. The number of non-ortho nitro benzene ring substituents is 1. The number of benzene rings is 1. The van der Waals surface area contributed by atoms with E-state index in [1.54, 1.807) is 0 Å². The Morgan fingerprint density at radius 2 is 2.05 bits per heavy atom. The van der Waals surface area contributed by atoms with E-state index in [1.807, 2.05) is 0 Å². The first-order valence-corrected chi connectivity index (χ1v) is 6.38. The number of carboxylic acids is 1. The van der Waals surface area contributed by atoms with Gasteiger partial charge in [0, 0.05) is 24.4 Å². The number of nitrogens with zero attached hydrogens (tertiary/aromatic N) is 1. The van der Waals surface area contributed by atoms with Gasteiger partial charge in [-0.15, -0.1) is 0 Å². The van der Waals surface area contributed by atoms with Crippen molar-refractivity contribution < 1.29 is 14.8 Å². The number of carboxylic acid groups (broad SMARTS) is 1. The first-order valence-electron chi connectivity index (χ1n) is 6.38. The highest BCUT2D eigenvalue weighted by Crippen LogP contribution is 2.27. The van der Waals surface area contributed by atoms with Gasteiger partial charge in [-0.3, -0.25) is 10.1 Å². The van der Waals surface area contributed by atoms with Crippen LogP contribution in [0.25, 0.3) is 0 Å². The molecule has 1 aromatic carbocycles. The third kappa shape index (κ3) is 3.94. The number of nitro groups is 1. The van der Waals surface area contributed by atoms with Gasteiger partial charge in [0.05, 0.1) is 10.5 Å². The van der Waals surface area contributed by atoms with Crippen LogP contribution < -0.4 is 5.32 Å². The summed E-state index contributed by atoms with van der Waals surface area (Å²) in [5.74, 6) is -0.862. The molecular weight excluding hydrogens is 260 g/mol. The van der Waals surface area contributed by atoms with Crippen molar-refractivity contribution in [3.8, 4) is 0 Å². The van der Waals surface area contributed by atoms with Crippen molar-refractivity contribution in [2.24, 2.45) is 11.3 Å². The second-order valence-electron chi connectivity index (χ2n) is 5.94. The number of hydrogen-bond acceptors (Lipinski definition) is 4. The lowest BCUT2D eigenvalue weighted by atomic mass is 9.82. The van der Waals surface area contributed by atoms with Gasteiger partial charge in [-0.2, -0.15) is 0 Å². The van der Waals surface area contributed by atoms with Crippen molar-refractivity contribution in [1.82, 2.24) is 0 Å². The van der Waals surface area contributed by atoms with Gasteiger partial charge >= 0.3 is 5.97 Å². The molecule has 6 nitrogen and oxygen atoms in total. The van der Waals surface area contributed by atoms with Gasteiger partial charge in [0.15, 0.2) is 0 Å². The maximum absolute atomic E-state index is 11.2. The summed E-state index contributed by atoms with van der Waals surface area (Å²) in [5.41, 5.74) is 0.188. The Bertz CT molecular complexity index is 520. The Balaban J connectivity index is 2.95. The van der Waals surface area contributed by atoms with Gasteiger partial charge in [0.25, 0.3) is 5.69 Å². The lowest BCUT2D eigenvalue weighted by Gasteiger charge is -2.28. The predicted octanol–water partition coefficient (Wildman–Crippen LogP) is 3.39. The number of rotatable bonds is 5. The molecule has 110 valence electrons. The molecule has 0 aromatic heterocycles. The summed E-state index contributed by atoms with van der Waals surface area (Å²) in [7, 11) is 0. The molecule has 0 bridgehead atoms. The van der Waals surface area contributed by atoms with Gasteiger partial charge in [-0.25, -0.2) is 4.79 Å². The molecule has 1 atom stereocenters. The summed E-state index contributed by atoms with van der Waals surface area (Å²) in [6, 6.07) is 3.82. The van der Waals surface area contributed by atoms with Crippen LogP contribution in [0.1, 0.15) is 38.1 Å². The minimum absolute atomic E-state index is 0.0830. The minimum atomic E-state index is -1.18. The van der Waals surface area contributed by atoms with Gasteiger partial charge in [0.2, 0.25) is 0 Å². The van der Waals surface area contributed by atoms with E-state index in [9.17, 15) is 14.9 Å². The van der Waals surface area contributed by atoms with Crippen LogP contribution >= 0.6 is 0 Å². The van der Waals surface area contributed by atoms with Crippen molar-refractivity contribution in [3.05, 3.63) is 33.9 Å². The second-order valence-corrected chi connectivity index (χ2v) is 5.94. The molecule has 0 aliphatic heterocycles. The smallest absolute Gasteiger partial charge is 0.338 e. The van der Waals surface area contributed by atoms with E-state index in [-0.39, 0.29) is 16.7 Å². The summed E-state index contributed by atoms with van der Waals surface area (Å²) in [6.07, 6.45) is 0. The lowest BCUT2D eigenvalue weighted by Crippen LogP contribution is -2.25. The van der Waals surface area contributed by atoms with Gasteiger partial charge in [0.1, 0.15) is 0 Å². The molecule has 1 rings (SSSR count). The first kappa shape index (κ1) is 15.9. The molecule has 0 aliphatic carbocycles. The SMILES string of the molecule is CC(CNc1ccc([N+](=O)[O-])cc1C(=O)O)C(C)(C)C. The van der Waals surface area contributed by atoms with E-state index < -0.39 is 10.9 Å². The largest absolute Gasteiger partial charge is 0.478 e. The molecule has 20 heavy (non-hydrogen) atoms. The number of hydrogen-bond donors (Lipinski definition) is 2. The average Bonchev–Trinajstić information content (AvgIpc) is 2.34. The highest BCUT2D eigenvalue weighted by atomic mass is 16.6. The summed E-state index contributed by atoms with van der Waals surface area (Å²) in [6.45, 7) is 8.98. The topological polar surface area (TPSA) is 92.5 Å². The Kier molecular flexibility index (Phi) is 4.70. The fraction of sp³-hybridized carbons (Fsp3) is 0.500. The van der Waals surface area contributed by atoms with Crippen molar-refractivity contribution in [1.29, 1.82) is 0 Å². The van der Waals surface area contributed by atoms with Crippen LogP contribution in [0.4, 0.5) is 11.4 Å². The number of carbonyl (C=O) groups is 1. The summed E-state index contributed by atoms with van der Waals surface area (Å²) >= 11 is 0. The zero-order valence-electron chi connectivity index (χ0n) is 12.1. The Hall–Kier alpha value is -2.11. The number of aromatic carboxylic acids is 1. The van der Waals surface area contributed by atoms with Crippen molar-refractivity contribution in [2.45, 2.75) is 27.7 Å². The molecule has 1 unspecified atom stereocenters. The third-order valence-corrected chi connectivity index (χ3v) is 3.52. The lowest BCUT2D eigenvalue weighted by molar-refractivity contribution is -0.384. The second kappa shape index (κ2) is 5.90. The molecule has 0 radical (unpaired) electrons. The van der Waals surface area contributed by atoms with Gasteiger partial charge < -0.3 is 10.4 Å². The molecule has 2 N–H and O–H groups in total. The molecule has 0 saturated heterocycles. The molecule has 0 heterocycles. The monoisotopic (exact) mass is 280 g/mol. The number of nitrogens with one attached hydrogen (secondary N) is 1. The maximum atomic E-state index is 11.2. The van der Waals surface area contributed by atoms with E-state index >= 15 is 0 Å². The van der Waals surface area contributed by atoms with Crippen LogP contribution in [0.2, 0.25) is 0 Å². The molecule has 1 aromatic rings. The molecule has 0 amide bonds. The number of anilines is 1. The molecule has 0 aliphatic rings.